The van der Waals surface area contributed by atoms with Gasteiger partial charge in [0.25, 0.3) is 0 Å². The fourth-order valence-electron chi connectivity index (χ4n) is 13.1. The van der Waals surface area contributed by atoms with Gasteiger partial charge in [-0.3, -0.25) is 37.3 Å². The highest BCUT2D eigenvalue weighted by Gasteiger charge is 2.30. The predicted molar refractivity (Wildman–Crippen MR) is 423 cm³/mol. The number of esters is 4. The summed E-state index contributed by atoms with van der Waals surface area (Å²) in [6.07, 6.45) is 66.9. The van der Waals surface area contributed by atoms with E-state index in [-0.39, 0.29) is 25.7 Å². The van der Waals surface area contributed by atoms with Crippen molar-refractivity contribution >= 4 is 39.5 Å². The number of carbonyl (C=O) groups is 4. The van der Waals surface area contributed by atoms with Gasteiger partial charge < -0.3 is 33.8 Å². The van der Waals surface area contributed by atoms with Crippen LogP contribution < -0.4 is 0 Å². The van der Waals surface area contributed by atoms with Crippen molar-refractivity contribution in [3.63, 3.8) is 0 Å². The second kappa shape index (κ2) is 75.5. The van der Waals surface area contributed by atoms with Gasteiger partial charge in [0.1, 0.15) is 19.3 Å². The van der Waals surface area contributed by atoms with E-state index >= 15 is 0 Å². The largest absolute Gasteiger partial charge is 0.472 e. The first-order chi connectivity index (χ1) is 49.9. The van der Waals surface area contributed by atoms with Crippen LogP contribution in [0.3, 0.4) is 0 Å². The minimum Gasteiger partial charge on any atom is -0.462 e. The van der Waals surface area contributed by atoms with Crippen LogP contribution >= 0.6 is 15.6 Å². The van der Waals surface area contributed by atoms with Crippen molar-refractivity contribution in [2.45, 2.75) is 464 Å². The Morgan fingerprint density at radius 2 is 0.447 bits per heavy atom. The molecule has 0 aliphatic heterocycles. The van der Waals surface area contributed by atoms with Crippen molar-refractivity contribution in [3.05, 3.63) is 0 Å². The number of phosphoric ester groups is 2. The smallest absolute Gasteiger partial charge is 0.462 e. The van der Waals surface area contributed by atoms with E-state index in [0.717, 1.165) is 102 Å². The first kappa shape index (κ1) is 101. The van der Waals surface area contributed by atoms with Crippen LogP contribution in [0.5, 0.6) is 0 Å². The number of rotatable bonds is 83. The zero-order chi connectivity index (χ0) is 75.6. The number of hydrogen-bond acceptors (Lipinski definition) is 15. The van der Waals surface area contributed by atoms with Crippen LogP contribution in [0.2, 0.25) is 0 Å². The lowest BCUT2D eigenvalue weighted by molar-refractivity contribution is -0.161. The maximum absolute atomic E-state index is 13.1. The highest BCUT2D eigenvalue weighted by Crippen LogP contribution is 2.45. The Labute approximate surface area is 632 Å². The van der Waals surface area contributed by atoms with Gasteiger partial charge in [0.2, 0.25) is 0 Å². The van der Waals surface area contributed by atoms with Gasteiger partial charge in [-0.05, 0) is 37.5 Å². The summed E-state index contributed by atoms with van der Waals surface area (Å²) in [5, 5.41) is 10.7. The number of ether oxygens (including phenoxy) is 4. The molecule has 0 bridgehead atoms. The highest BCUT2D eigenvalue weighted by atomic mass is 31.2. The topological polar surface area (TPSA) is 237 Å². The molecule has 2 unspecified atom stereocenters. The Bertz CT molecular complexity index is 1980. The molecule has 0 saturated carbocycles. The standard InChI is InChI=1S/C84H164O17P2/c1-7-9-11-13-15-17-19-21-22-23-24-25-26-27-28-33-36-40-44-50-57-63-69-84(89)100-79(72-94-81(86)66-60-54-48-42-39-35-32-30-29-31-34-37-41-46-52-58-64-76(3)4)74-98-102(90,91)96-70-78(85)71-97-103(92,93)99-75-80(73-95-82(87)67-61-55-51-45-47-53-59-65-77(5)6)101-83(88)68-62-56-49-43-38-20-18-16-14-12-10-8-2/h76-80,85H,7-75H2,1-6H3,(H,90,91)(H,92,93)/t78-,79-,80-/m1/s1. The van der Waals surface area contributed by atoms with Crippen molar-refractivity contribution < 1.29 is 80.2 Å². The molecule has 0 saturated heterocycles. The number of unbranched alkanes of at least 4 members (excludes halogenated alkanes) is 53. The van der Waals surface area contributed by atoms with Crippen LogP contribution in [0, 0.1) is 11.8 Å². The van der Waals surface area contributed by atoms with E-state index in [4.69, 9.17) is 37.0 Å². The molecule has 0 amide bonds. The van der Waals surface area contributed by atoms with E-state index in [1.807, 2.05) is 0 Å². The second-order valence-corrected chi connectivity index (χ2v) is 34.1. The molecule has 17 nitrogen and oxygen atoms in total. The van der Waals surface area contributed by atoms with E-state index in [9.17, 15) is 43.2 Å². The molecule has 0 fully saturated rings. The molecule has 0 aromatic heterocycles. The zero-order valence-electron chi connectivity index (χ0n) is 67.6. The maximum atomic E-state index is 13.1. The summed E-state index contributed by atoms with van der Waals surface area (Å²) in [4.78, 5) is 73.1. The van der Waals surface area contributed by atoms with Crippen molar-refractivity contribution in [1.29, 1.82) is 0 Å². The Morgan fingerprint density at radius 1 is 0.262 bits per heavy atom. The lowest BCUT2D eigenvalue weighted by atomic mass is 10.0. The number of phosphoric acid groups is 2. The van der Waals surface area contributed by atoms with Crippen LogP contribution in [-0.2, 0) is 65.4 Å². The normalized spacial score (nSPS) is 13.9. The molecule has 0 aromatic carbocycles. The molecule has 0 aliphatic carbocycles. The van der Waals surface area contributed by atoms with E-state index in [1.54, 1.807) is 0 Å². The average molecular weight is 1510 g/mol. The molecule has 0 spiro atoms. The van der Waals surface area contributed by atoms with Gasteiger partial charge in [-0.1, -0.05) is 395 Å². The summed E-state index contributed by atoms with van der Waals surface area (Å²) in [5.41, 5.74) is 0. The fraction of sp³-hybridized carbons (Fsp3) is 0.952. The third kappa shape index (κ3) is 78.0. The molecule has 0 aliphatic rings. The molecule has 19 heteroatoms. The van der Waals surface area contributed by atoms with Gasteiger partial charge in [-0.25, -0.2) is 9.13 Å². The van der Waals surface area contributed by atoms with E-state index < -0.39 is 97.5 Å². The molecule has 612 valence electrons. The summed E-state index contributed by atoms with van der Waals surface area (Å²) in [7, 11) is -9.92. The molecule has 0 heterocycles. The van der Waals surface area contributed by atoms with Gasteiger partial charge in [0.15, 0.2) is 12.2 Å². The molecule has 0 aromatic rings. The quantitative estimate of drug-likeness (QED) is 0.0222. The summed E-state index contributed by atoms with van der Waals surface area (Å²) in [5.74, 6) is -0.589. The van der Waals surface area contributed by atoms with Gasteiger partial charge in [-0.2, -0.15) is 0 Å². The minimum absolute atomic E-state index is 0.107. The van der Waals surface area contributed by atoms with Crippen molar-refractivity contribution in [2.75, 3.05) is 39.6 Å². The second-order valence-electron chi connectivity index (χ2n) is 31.2. The van der Waals surface area contributed by atoms with Crippen LogP contribution in [0.4, 0.5) is 0 Å². The van der Waals surface area contributed by atoms with Crippen LogP contribution in [-0.4, -0.2) is 96.7 Å². The molecule has 5 atom stereocenters. The third-order valence-corrected chi connectivity index (χ3v) is 21.6. The molecular weight excluding hydrogens is 1340 g/mol. The Morgan fingerprint density at radius 3 is 0.660 bits per heavy atom. The zero-order valence-corrected chi connectivity index (χ0v) is 69.4. The Hall–Kier alpha value is -1.94. The predicted octanol–water partition coefficient (Wildman–Crippen LogP) is 25.5. The van der Waals surface area contributed by atoms with Crippen molar-refractivity contribution in [2.24, 2.45) is 11.8 Å². The van der Waals surface area contributed by atoms with Crippen LogP contribution in [0.1, 0.15) is 446 Å². The number of hydrogen-bond donors (Lipinski definition) is 3. The van der Waals surface area contributed by atoms with Gasteiger partial charge in [0, 0.05) is 25.7 Å². The average Bonchev–Trinajstić information content (AvgIpc) is 1.07. The molecule has 0 radical (unpaired) electrons. The SMILES string of the molecule is CCCCCCCCCCCCCCCCCCCCCCCCC(=O)O[C@H](COC(=O)CCCCCCCCCCCCCCCCCCC(C)C)COP(=O)(O)OC[C@@H](O)COP(=O)(O)OC[C@@H](COC(=O)CCCCCCCCCC(C)C)OC(=O)CCCCCCCCCCCCCC. The summed E-state index contributed by atoms with van der Waals surface area (Å²) >= 11 is 0. The maximum Gasteiger partial charge on any atom is 0.472 e. The Balaban J connectivity index is 5.20. The van der Waals surface area contributed by atoms with E-state index in [0.29, 0.717) is 31.6 Å². The lowest BCUT2D eigenvalue weighted by Crippen LogP contribution is -2.30. The monoisotopic (exact) mass is 1510 g/mol. The third-order valence-electron chi connectivity index (χ3n) is 19.7. The van der Waals surface area contributed by atoms with Crippen LogP contribution in [0.25, 0.3) is 0 Å². The first-order valence-electron chi connectivity index (χ1n) is 43.5. The molecule has 0 rings (SSSR count). The minimum atomic E-state index is -4.96. The van der Waals surface area contributed by atoms with Gasteiger partial charge >= 0.3 is 39.5 Å². The van der Waals surface area contributed by atoms with Gasteiger partial charge in [0.05, 0.1) is 26.4 Å². The Kier molecular flexibility index (Phi) is 74.1. The summed E-state index contributed by atoms with van der Waals surface area (Å²) in [6, 6.07) is 0. The van der Waals surface area contributed by atoms with Crippen LogP contribution in [0.15, 0.2) is 0 Å². The lowest BCUT2D eigenvalue weighted by Gasteiger charge is -2.21. The molecule has 3 N–H and O–H groups in total. The molecule has 103 heavy (non-hydrogen) atoms. The number of carbonyl (C=O) groups excluding carboxylic acids is 4. The fourth-order valence-corrected chi connectivity index (χ4v) is 14.6. The molecular formula is C84H164O17P2. The number of aliphatic hydroxyl groups excluding tert-OH is 1. The summed E-state index contributed by atoms with van der Waals surface area (Å²) in [6.45, 7) is 9.62. The van der Waals surface area contributed by atoms with E-state index in [2.05, 4.69) is 41.5 Å². The first-order valence-corrected chi connectivity index (χ1v) is 46.5. The van der Waals surface area contributed by atoms with Gasteiger partial charge in [-0.15, -0.1) is 0 Å². The number of aliphatic hydroxyl groups is 1. The van der Waals surface area contributed by atoms with Crippen molar-refractivity contribution in [3.8, 4) is 0 Å². The highest BCUT2D eigenvalue weighted by molar-refractivity contribution is 7.47. The van der Waals surface area contributed by atoms with E-state index in [1.165, 1.54) is 257 Å². The summed E-state index contributed by atoms with van der Waals surface area (Å²) < 4.78 is 68.8. The van der Waals surface area contributed by atoms with Crippen molar-refractivity contribution in [1.82, 2.24) is 0 Å².